The quantitative estimate of drug-likeness (QED) is 0.835. The molecular formula is C14H16BrFN2O. The van der Waals surface area contributed by atoms with Crippen molar-refractivity contribution < 1.29 is 9.18 Å². The van der Waals surface area contributed by atoms with Gasteiger partial charge < -0.3 is 10.6 Å². The Labute approximate surface area is 120 Å². The van der Waals surface area contributed by atoms with E-state index in [-0.39, 0.29) is 5.91 Å². The smallest absolute Gasteiger partial charge is 0.252 e. The first-order chi connectivity index (χ1) is 9.16. The van der Waals surface area contributed by atoms with Gasteiger partial charge in [0, 0.05) is 17.6 Å². The number of halogens is 2. The van der Waals surface area contributed by atoms with Crippen LogP contribution in [0, 0.1) is 5.82 Å². The normalized spacial score (nSPS) is 14.9. The van der Waals surface area contributed by atoms with Crippen LogP contribution in [0.1, 0.15) is 23.2 Å². The Balaban J connectivity index is 1.87. The summed E-state index contributed by atoms with van der Waals surface area (Å²) in [5, 5.41) is 6.06. The van der Waals surface area contributed by atoms with Crippen molar-refractivity contribution in [1.29, 1.82) is 0 Å². The first-order valence-corrected chi connectivity index (χ1v) is 7.08. The minimum atomic E-state index is -0.408. The molecule has 0 bridgehead atoms. The third-order valence-corrected chi connectivity index (χ3v) is 3.75. The van der Waals surface area contributed by atoms with Gasteiger partial charge in [0.05, 0.1) is 5.56 Å². The molecule has 0 atom stereocenters. The predicted octanol–water partition coefficient (Wildman–Crippen LogP) is 2.63. The highest BCUT2D eigenvalue weighted by atomic mass is 79.9. The number of rotatable bonds is 4. The molecule has 0 unspecified atom stereocenters. The fraction of sp³-hybridized carbons (Fsp3) is 0.357. The lowest BCUT2D eigenvalue weighted by Gasteiger charge is -2.14. The van der Waals surface area contributed by atoms with Gasteiger partial charge in [0.1, 0.15) is 5.82 Å². The van der Waals surface area contributed by atoms with Gasteiger partial charge in [-0.05, 0) is 53.5 Å². The predicted molar refractivity (Wildman–Crippen MR) is 76.6 cm³/mol. The summed E-state index contributed by atoms with van der Waals surface area (Å²) in [4.78, 5) is 11.9. The second-order valence-electron chi connectivity index (χ2n) is 4.45. The molecular weight excluding hydrogens is 311 g/mol. The summed E-state index contributed by atoms with van der Waals surface area (Å²) in [5.74, 6) is -0.657. The Bertz CT molecular complexity index is 502. The Morgan fingerprint density at radius 1 is 1.47 bits per heavy atom. The molecule has 1 aromatic rings. The third-order valence-electron chi connectivity index (χ3n) is 3.06. The molecule has 0 saturated carbocycles. The molecule has 3 nitrogen and oxygen atoms in total. The third kappa shape index (κ3) is 4.14. The molecule has 1 amide bonds. The standard InChI is InChI=1S/C14H16BrFN2O/c15-13-2-1-11(16)9-12(13)14(19)18-8-5-10-3-6-17-7-4-10/h1-3,9,17H,4-8H2,(H,18,19). The van der Waals surface area contributed by atoms with Crippen molar-refractivity contribution in [2.75, 3.05) is 19.6 Å². The van der Waals surface area contributed by atoms with Gasteiger partial charge in [-0.3, -0.25) is 4.79 Å². The van der Waals surface area contributed by atoms with E-state index in [1.807, 2.05) is 0 Å². The highest BCUT2D eigenvalue weighted by molar-refractivity contribution is 9.10. The number of hydrogen-bond acceptors (Lipinski definition) is 2. The van der Waals surface area contributed by atoms with E-state index in [0.29, 0.717) is 16.6 Å². The number of nitrogens with one attached hydrogen (secondary N) is 2. The van der Waals surface area contributed by atoms with Crippen molar-refractivity contribution in [1.82, 2.24) is 10.6 Å². The zero-order valence-electron chi connectivity index (χ0n) is 10.5. The van der Waals surface area contributed by atoms with Crippen molar-refractivity contribution in [2.24, 2.45) is 0 Å². The highest BCUT2D eigenvalue weighted by Crippen LogP contribution is 2.17. The van der Waals surface area contributed by atoms with E-state index in [9.17, 15) is 9.18 Å². The molecule has 0 fully saturated rings. The number of amides is 1. The van der Waals surface area contributed by atoms with E-state index < -0.39 is 5.82 Å². The summed E-state index contributed by atoms with van der Waals surface area (Å²) in [6.07, 6.45) is 4.04. The summed E-state index contributed by atoms with van der Waals surface area (Å²) in [6, 6.07) is 4.10. The molecule has 0 aromatic heterocycles. The lowest BCUT2D eigenvalue weighted by atomic mass is 10.1. The molecule has 2 N–H and O–H groups in total. The van der Waals surface area contributed by atoms with Gasteiger partial charge in [-0.25, -0.2) is 4.39 Å². The van der Waals surface area contributed by atoms with Crippen LogP contribution in [0.15, 0.2) is 34.3 Å². The molecule has 1 heterocycles. The van der Waals surface area contributed by atoms with Crippen molar-refractivity contribution in [3.8, 4) is 0 Å². The fourth-order valence-corrected chi connectivity index (χ4v) is 2.43. The first kappa shape index (κ1) is 14.2. The number of hydrogen-bond donors (Lipinski definition) is 2. The van der Waals surface area contributed by atoms with E-state index in [1.54, 1.807) is 6.07 Å². The van der Waals surface area contributed by atoms with Crippen LogP contribution in [0.2, 0.25) is 0 Å². The molecule has 0 aliphatic carbocycles. The Kier molecular flexibility index (Phi) is 5.10. The van der Waals surface area contributed by atoms with Crippen molar-refractivity contribution in [2.45, 2.75) is 12.8 Å². The van der Waals surface area contributed by atoms with E-state index >= 15 is 0 Å². The molecule has 0 radical (unpaired) electrons. The zero-order chi connectivity index (χ0) is 13.7. The van der Waals surface area contributed by atoms with E-state index in [0.717, 1.165) is 25.9 Å². The molecule has 19 heavy (non-hydrogen) atoms. The van der Waals surface area contributed by atoms with Crippen molar-refractivity contribution in [3.63, 3.8) is 0 Å². The summed E-state index contributed by atoms with van der Waals surface area (Å²) in [6.45, 7) is 2.47. The Hall–Kier alpha value is -1.20. The van der Waals surface area contributed by atoms with Gasteiger partial charge in [-0.15, -0.1) is 0 Å². The van der Waals surface area contributed by atoms with Gasteiger partial charge in [0.15, 0.2) is 0 Å². The zero-order valence-corrected chi connectivity index (χ0v) is 12.1. The van der Waals surface area contributed by atoms with Crippen LogP contribution in [0.4, 0.5) is 4.39 Å². The largest absolute Gasteiger partial charge is 0.352 e. The number of benzene rings is 1. The van der Waals surface area contributed by atoms with Gasteiger partial charge >= 0.3 is 0 Å². The van der Waals surface area contributed by atoms with Crippen molar-refractivity contribution >= 4 is 21.8 Å². The van der Waals surface area contributed by atoms with Crippen LogP contribution in [-0.2, 0) is 0 Å². The van der Waals surface area contributed by atoms with Crippen LogP contribution in [0.25, 0.3) is 0 Å². The molecule has 0 spiro atoms. The average molecular weight is 327 g/mol. The van der Waals surface area contributed by atoms with Crippen LogP contribution < -0.4 is 10.6 Å². The second kappa shape index (κ2) is 6.82. The van der Waals surface area contributed by atoms with Gasteiger partial charge in [-0.2, -0.15) is 0 Å². The average Bonchev–Trinajstić information content (AvgIpc) is 2.42. The second-order valence-corrected chi connectivity index (χ2v) is 5.30. The van der Waals surface area contributed by atoms with Crippen LogP contribution in [-0.4, -0.2) is 25.5 Å². The maximum Gasteiger partial charge on any atom is 0.252 e. The van der Waals surface area contributed by atoms with E-state index in [1.165, 1.54) is 17.7 Å². The molecule has 0 saturated heterocycles. The van der Waals surface area contributed by atoms with Gasteiger partial charge in [0.25, 0.3) is 5.91 Å². The molecule has 1 aliphatic rings. The molecule has 5 heteroatoms. The first-order valence-electron chi connectivity index (χ1n) is 6.28. The molecule has 102 valence electrons. The summed E-state index contributed by atoms with van der Waals surface area (Å²) in [7, 11) is 0. The Morgan fingerprint density at radius 2 is 2.32 bits per heavy atom. The SMILES string of the molecule is O=C(NCCC1=CCNCC1)c1cc(F)ccc1Br. The molecule has 1 aromatic carbocycles. The highest BCUT2D eigenvalue weighted by Gasteiger charge is 2.11. The van der Waals surface area contributed by atoms with Crippen molar-refractivity contribution in [3.05, 3.63) is 45.7 Å². The molecule has 2 rings (SSSR count). The number of carbonyl (C=O) groups excluding carboxylic acids is 1. The maximum atomic E-state index is 13.1. The minimum absolute atomic E-state index is 0.249. The van der Waals surface area contributed by atoms with Crippen LogP contribution in [0.3, 0.4) is 0 Å². The van der Waals surface area contributed by atoms with Crippen LogP contribution in [0.5, 0.6) is 0 Å². The number of carbonyl (C=O) groups is 1. The minimum Gasteiger partial charge on any atom is -0.352 e. The van der Waals surface area contributed by atoms with Gasteiger partial charge in [0.2, 0.25) is 0 Å². The topological polar surface area (TPSA) is 41.1 Å². The van der Waals surface area contributed by atoms with E-state index in [4.69, 9.17) is 0 Å². The van der Waals surface area contributed by atoms with E-state index in [2.05, 4.69) is 32.6 Å². The molecule has 1 aliphatic heterocycles. The van der Waals surface area contributed by atoms with Crippen LogP contribution >= 0.6 is 15.9 Å². The fourth-order valence-electron chi connectivity index (χ4n) is 2.00. The Morgan fingerprint density at radius 3 is 3.05 bits per heavy atom. The monoisotopic (exact) mass is 326 g/mol. The van der Waals surface area contributed by atoms with Gasteiger partial charge in [-0.1, -0.05) is 11.6 Å². The lowest BCUT2D eigenvalue weighted by Crippen LogP contribution is -2.27. The maximum absolute atomic E-state index is 13.1. The lowest BCUT2D eigenvalue weighted by molar-refractivity contribution is 0.0953. The summed E-state index contributed by atoms with van der Waals surface area (Å²) in [5.41, 5.74) is 1.69. The summed E-state index contributed by atoms with van der Waals surface area (Å²) < 4.78 is 13.7. The summed E-state index contributed by atoms with van der Waals surface area (Å²) >= 11 is 3.25.